The minimum absolute atomic E-state index is 0.989. The van der Waals surface area contributed by atoms with Gasteiger partial charge in [0.25, 0.3) is 0 Å². The van der Waals surface area contributed by atoms with E-state index in [0.717, 1.165) is 18.7 Å². The summed E-state index contributed by atoms with van der Waals surface area (Å²) < 4.78 is 0. The summed E-state index contributed by atoms with van der Waals surface area (Å²) >= 11 is 1.88. The maximum absolute atomic E-state index is 3.84. The lowest BCUT2D eigenvalue weighted by Gasteiger charge is -2.10. The highest BCUT2D eigenvalue weighted by Crippen LogP contribution is 2.20. The van der Waals surface area contributed by atoms with Crippen molar-refractivity contribution in [1.82, 2.24) is 4.90 Å². The maximum Gasteiger partial charge on any atom is 0.0228 e. The van der Waals surface area contributed by atoms with E-state index in [9.17, 15) is 0 Å². The molecule has 1 aromatic carbocycles. The van der Waals surface area contributed by atoms with E-state index in [2.05, 4.69) is 50.2 Å². The first kappa shape index (κ1) is 11.6. The molecule has 0 aromatic heterocycles. The minimum Gasteiger partial charge on any atom is -0.305 e. The fraction of sp³-hybridized carbons (Fsp3) is 0.417. The third kappa shape index (κ3) is 4.16. The first-order valence-electron chi connectivity index (χ1n) is 4.88. The van der Waals surface area contributed by atoms with Crippen LogP contribution in [0, 0.1) is 6.92 Å². The fourth-order valence-electron chi connectivity index (χ4n) is 1.29. The van der Waals surface area contributed by atoms with Gasteiger partial charge in [-0.15, -0.1) is 11.8 Å². The second-order valence-corrected chi connectivity index (χ2v) is 4.76. The first-order valence-corrected chi connectivity index (χ1v) is 5.86. The van der Waals surface area contributed by atoms with Gasteiger partial charge >= 0.3 is 0 Å². The van der Waals surface area contributed by atoms with Gasteiger partial charge in [0.2, 0.25) is 0 Å². The summed E-state index contributed by atoms with van der Waals surface area (Å²) in [7, 11) is 4.19. The lowest BCUT2D eigenvalue weighted by atomic mass is 10.2. The average molecular weight is 208 g/mol. The highest BCUT2D eigenvalue weighted by atomic mass is 32.2. The van der Waals surface area contributed by atoms with E-state index < -0.39 is 0 Å². The third-order valence-electron chi connectivity index (χ3n) is 1.81. The van der Waals surface area contributed by atoms with Crippen molar-refractivity contribution in [2.24, 2.45) is 0 Å². The molecular formula is C12H18NS. The Hall–Kier alpha value is -0.470. The fourth-order valence-corrected chi connectivity index (χ4v) is 2.08. The second kappa shape index (κ2) is 6.10. The molecule has 0 saturated heterocycles. The normalized spacial score (nSPS) is 10.9. The Kier molecular flexibility index (Phi) is 5.05. The van der Waals surface area contributed by atoms with Crippen molar-refractivity contribution in [2.75, 3.05) is 19.8 Å². The third-order valence-corrected chi connectivity index (χ3v) is 2.89. The molecule has 1 aromatic rings. The number of hydrogen-bond donors (Lipinski definition) is 0. The predicted octanol–water partition coefficient (Wildman–Crippen LogP) is 3.06. The molecule has 0 atom stereocenters. The van der Waals surface area contributed by atoms with Gasteiger partial charge in [-0.25, -0.2) is 0 Å². The Labute approximate surface area is 91.5 Å². The molecule has 2 heteroatoms. The predicted molar refractivity (Wildman–Crippen MR) is 64.5 cm³/mol. The molecule has 0 saturated carbocycles. The topological polar surface area (TPSA) is 3.24 Å². The van der Waals surface area contributed by atoms with Gasteiger partial charge in [0.05, 0.1) is 0 Å². The van der Waals surface area contributed by atoms with E-state index in [1.54, 1.807) is 0 Å². The quantitative estimate of drug-likeness (QED) is 0.684. The molecule has 0 aliphatic carbocycles. The van der Waals surface area contributed by atoms with Crippen molar-refractivity contribution in [3.05, 3.63) is 36.8 Å². The maximum atomic E-state index is 3.84. The van der Waals surface area contributed by atoms with E-state index in [0.29, 0.717) is 0 Å². The average Bonchev–Trinajstić information content (AvgIpc) is 2.14. The SMILES string of the molecule is [CH2]CCSc1cccc(CN(C)C)c1. The highest BCUT2D eigenvalue weighted by Gasteiger charge is 1.97. The van der Waals surface area contributed by atoms with Crippen LogP contribution in [0.4, 0.5) is 0 Å². The monoisotopic (exact) mass is 208 g/mol. The zero-order valence-corrected chi connectivity index (χ0v) is 9.81. The summed E-state index contributed by atoms with van der Waals surface area (Å²) in [5, 5.41) is 0. The summed E-state index contributed by atoms with van der Waals surface area (Å²) in [6.07, 6.45) is 0.989. The number of nitrogens with zero attached hydrogens (tertiary/aromatic N) is 1. The van der Waals surface area contributed by atoms with E-state index >= 15 is 0 Å². The van der Waals surface area contributed by atoms with Crippen LogP contribution in [-0.2, 0) is 6.54 Å². The van der Waals surface area contributed by atoms with Crippen LogP contribution in [0.3, 0.4) is 0 Å². The zero-order valence-electron chi connectivity index (χ0n) is 8.99. The molecular weight excluding hydrogens is 190 g/mol. The van der Waals surface area contributed by atoms with Gasteiger partial charge in [-0.3, -0.25) is 0 Å². The van der Waals surface area contributed by atoms with Crippen LogP contribution < -0.4 is 0 Å². The van der Waals surface area contributed by atoms with Crippen molar-refractivity contribution >= 4 is 11.8 Å². The van der Waals surface area contributed by atoms with Gasteiger partial charge in [-0.05, 0) is 44.0 Å². The molecule has 0 aliphatic rings. The molecule has 0 spiro atoms. The van der Waals surface area contributed by atoms with Gasteiger partial charge in [0.15, 0.2) is 0 Å². The van der Waals surface area contributed by atoms with Crippen LogP contribution in [0.5, 0.6) is 0 Å². The van der Waals surface area contributed by atoms with E-state index in [-0.39, 0.29) is 0 Å². The molecule has 1 radical (unpaired) electrons. The van der Waals surface area contributed by atoms with Crippen LogP contribution in [0.1, 0.15) is 12.0 Å². The largest absolute Gasteiger partial charge is 0.305 e. The lowest BCUT2D eigenvalue weighted by Crippen LogP contribution is -2.10. The minimum atomic E-state index is 0.989. The molecule has 1 rings (SSSR count). The van der Waals surface area contributed by atoms with E-state index in [1.807, 2.05) is 11.8 Å². The number of benzene rings is 1. The Morgan fingerprint density at radius 2 is 2.14 bits per heavy atom. The van der Waals surface area contributed by atoms with E-state index in [4.69, 9.17) is 0 Å². The molecule has 0 N–H and O–H groups in total. The Balaban J connectivity index is 2.59. The summed E-state index contributed by atoms with van der Waals surface area (Å²) in [5.74, 6) is 1.10. The van der Waals surface area contributed by atoms with Crippen LogP contribution in [0.15, 0.2) is 29.2 Å². The van der Waals surface area contributed by atoms with Gasteiger partial charge in [0.1, 0.15) is 0 Å². The van der Waals surface area contributed by atoms with Gasteiger partial charge < -0.3 is 4.90 Å². The lowest BCUT2D eigenvalue weighted by molar-refractivity contribution is 0.402. The van der Waals surface area contributed by atoms with Gasteiger partial charge in [0, 0.05) is 11.4 Å². The van der Waals surface area contributed by atoms with Crippen molar-refractivity contribution in [2.45, 2.75) is 17.9 Å². The van der Waals surface area contributed by atoms with E-state index in [1.165, 1.54) is 10.5 Å². The van der Waals surface area contributed by atoms with Gasteiger partial charge in [-0.1, -0.05) is 19.1 Å². The first-order chi connectivity index (χ1) is 6.72. The molecule has 0 fully saturated rings. The second-order valence-electron chi connectivity index (χ2n) is 3.59. The Morgan fingerprint density at radius 1 is 1.36 bits per heavy atom. The summed E-state index contributed by atoms with van der Waals surface area (Å²) in [5.41, 5.74) is 1.38. The van der Waals surface area contributed by atoms with Gasteiger partial charge in [-0.2, -0.15) is 0 Å². The van der Waals surface area contributed by atoms with Crippen LogP contribution in [0.2, 0.25) is 0 Å². The molecule has 1 nitrogen and oxygen atoms in total. The molecule has 0 heterocycles. The Bertz CT molecular complexity index is 271. The number of rotatable bonds is 5. The van der Waals surface area contributed by atoms with Crippen LogP contribution >= 0.6 is 11.8 Å². The standard InChI is InChI=1S/C12H18NS/c1-4-8-14-12-7-5-6-11(9-12)10-13(2)3/h5-7,9H,1,4,8,10H2,2-3H3. The van der Waals surface area contributed by atoms with Crippen molar-refractivity contribution in [3.63, 3.8) is 0 Å². The summed E-state index contributed by atoms with van der Waals surface area (Å²) in [4.78, 5) is 3.54. The Morgan fingerprint density at radius 3 is 2.79 bits per heavy atom. The van der Waals surface area contributed by atoms with Crippen molar-refractivity contribution in [1.29, 1.82) is 0 Å². The smallest absolute Gasteiger partial charge is 0.0228 e. The molecule has 14 heavy (non-hydrogen) atoms. The number of thioether (sulfide) groups is 1. The van der Waals surface area contributed by atoms with Crippen molar-refractivity contribution in [3.8, 4) is 0 Å². The molecule has 0 bridgehead atoms. The highest BCUT2D eigenvalue weighted by molar-refractivity contribution is 7.99. The zero-order chi connectivity index (χ0) is 10.4. The molecule has 0 aliphatic heterocycles. The molecule has 0 amide bonds. The van der Waals surface area contributed by atoms with Crippen LogP contribution in [0.25, 0.3) is 0 Å². The van der Waals surface area contributed by atoms with Crippen molar-refractivity contribution < 1.29 is 0 Å². The number of hydrogen-bond acceptors (Lipinski definition) is 2. The summed E-state index contributed by atoms with van der Waals surface area (Å²) in [6, 6.07) is 8.73. The molecule has 0 unspecified atom stereocenters. The summed E-state index contributed by atoms with van der Waals surface area (Å²) in [6.45, 7) is 4.86. The van der Waals surface area contributed by atoms with Crippen LogP contribution in [-0.4, -0.2) is 24.7 Å². The molecule has 77 valence electrons.